The highest BCUT2D eigenvalue weighted by molar-refractivity contribution is 5.03. The second-order valence-corrected chi connectivity index (χ2v) is 4.84. The molecule has 1 unspecified atom stereocenters. The Hall–Kier alpha value is -0.960. The summed E-state index contributed by atoms with van der Waals surface area (Å²) in [6, 6.07) is 1.92. The first kappa shape index (κ1) is 11.1. The SMILES string of the molecule is CC(C)(C)CCC(N)c1ccncn1. The zero-order valence-corrected chi connectivity index (χ0v) is 9.20. The molecule has 0 aromatic carbocycles. The minimum Gasteiger partial charge on any atom is -0.323 e. The Morgan fingerprint density at radius 2 is 2.14 bits per heavy atom. The molecule has 0 amide bonds. The van der Waals surface area contributed by atoms with Crippen molar-refractivity contribution < 1.29 is 0 Å². The predicted molar refractivity (Wildman–Crippen MR) is 57.6 cm³/mol. The van der Waals surface area contributed by atoms with E-state index in [1.165, 1.54) is 0 Å². The van der Waals surface area contributed by atoms with Crippen LogP contribution in [-0.2, 0) is 0 Å². The van der Waals surface area contributed by atoms with Crippen molar-refractivity contribution in [1.29, 1.82) is 0 Å². The largest absolute Gasteiger partial charge is 0.323 e. The molecule has 0 saturated carbocycles. The Kier molecular flexibility index (Phi) is 3.58. The van der Waals surface area contributed by atoms with Crippen LogP contribution in [0.4, 0.5) is 0 Å². The van der Waals surface area contributed by atoms with Crippen LogP contribution in [0.3, 0.4) is 0 Å². The van der Waals surface area contributed by atoms with Gasteiger partial charge in [-0.1, -0.05) is 20.8 Å². The molecule has 1 aromatic heterocycles. The van der Waals surface area contributed by atoms with Crippen molar-refractivity contribution in [3.05, 3.63) is 24.3 Å². The number of rotatable bonds is 3. The van der Waals surface area contributed by atoms with Crippen molar-refractivity contribution in [2.24, 2.45) is 11.1 Å². The standard InChI is InChI=1S/C11H19N3/c1-11(2,3)6-4-9(12)10-5-7-13-8-14-10/h5,7-9H,4,6,12H2,1-3H3. The number of aromatic nitrogens is 2. The molecule has 0 aliphatic heterocycles. The van der Waals surface area contributed by atoms with E-state index in [-0.39, 0.29) is 6.04 Å². The first-order valence-corrected chi connectivity index (χ1v) is 5.00. The smallest absolute Gasteiger partial charge is 0.115 e. The fraction of sp³-hybridized carbons (Fsp3) is 0.636. The number of hydrogen-bond donors (Lipinski definition) is 1. The van der Waals surface area contributed by atoms with Crippen LogP contribution in [0.5, 0.6) is 0 Å². The average Bonchev–Trinajstić information content (AvgIpc) is 2.14. The van der Waals surface area contributed by atoms with Crippen LogP contribution >= 0.6 is 0 Å². The summed E-state index contributed by atoms with van der Waals surface area (Å²) >= 11 is 0. The Labute approximate surface area is 85.8 Å². The molecule has 0 radical (unpaired) electrons. The van der Waals surface area contributed by atoms with Gasteiger partial charge < -0.3 is 5.73 Å². The van der Waals surface area contributed by atoms with Gasteiger partial charge in [0, 0.05) is 12.2 Å². The molecule has 0 aliphatic rings. The first-order chi connectivity index (χ1) is 6.49. The minimum absolute atomic E-state index is 0.0391. The second kappa shape index (κ2) is 4.51. The summed E-state index contributed by atoms with van der Waals surface area (Å²) in [5.74, 6) is 0. The highest BCUT2D eigenvalue weighted by Gasteiger charge is 2.14. The van der Waals surface area contributed by atoms with E-state index in [1.807, 2.05) is 6.07 Å². The molecular weight excluding hydrogens is 174 g/mol. The number of nitrogens with two attached hydrogens (primary N) is 1. The van der Waals surface area contributed by atoms with E-state index in [1.54, 1.807) is 12.5 Å². The Bertz CT molecular complexity index is 264. The Morgan fingerprint density at radius 3 is 2.64 bits per heavy atom. The summed E-state index contributed by atoms with van der Waals surface area (Å²) < 4.78 is 0. The van der Waals surface area contributed by atoms with Crippen LogP contribution in [0.15, 0.2) is 18.6 Å². The summed E-state index contributed by atoms with van der Waals surface area (Å²) in [5, 5.41) is 0. The van der Waals surface area contributed by atoms with Gasteiger partial charge in [-0.3, -0.25) is 0 Å². The van der Waals surface area contributed by atoms with Crippen LogP contribution in [0.25, 0.3) is 0 Å². The number of hydrogen-bond acceptors (Lipinski definition) is 3. The van der Waals surface area contributed by atoms with Crippen molar-refractivity contribution in [2.75, 3.05) is 0 Å². The molecule has 3 nitrogen and oxygen atoms in total. The van der Waals surface area contributed by atoms with Gasteiger partial charge in [-0.05, 0) is 24.3 Å². The van der Waals surface area contributed by atoms with E-state index in [0.29, 0.717) is 5.41 Å². The quantitative estimate of drug-likeness (QED) is 0.801. The summed E-state index contributed by atoms with van der Waals surface area (Å²) in [6.45, 7) is 6.67. The van der Waals surface area contributed by atoms with Gasteiger partial charge in [0.25, 0.3) is 0 Å². The third-order valence-corrected chi connectivity index (χ3v) is 2.19. The van der Waals surface area contributed by atoms with E-state index in [9.17, 15) is 0 Å². The summed E-state index contributed by atoms with van der Waals surface area (Å²) in [7, 11) is 0. The van der Waals surface area contributed by atoms with Crippen molar-refractivity contribution in [2.45, 2.75) is 39.7 Å². The lowest BCUT2D eigenvalue weighted by Crippen LogP contribution is -2.15. The zero-order chi connectivity index (χ0) is 10.6. The molecule has 0 fully saturated rings. The van der Waals surface area contributed by atoms with Gasteiger partial charge in [-0.25, -0.2) is 9.97 Å². The fourth-order valence-electron chi connectivity index (χ4n) is 1.26. The maximum atomic E-state index is 6.01. The normalized spacial score (nSPS) is 14.0. The molecule has 1 heterocycles. The maximum Gasteiger partial charge on any atom is 0.115 e. The van der Waals surface area contributed by atoms with Crippen LogP contribution in [-0.4, -0.2) is 9.97 Å². The van der Waals surface area contributed by atoms with Gasteiger partial charge in [-0.2, -0.15) is 0 Å². The molecule has 0 saturated heterocycles. The summed E-state index contributed by atoms with van der Waals surface area (Å²) in [4.78, 5) is 8.01. The van der Waals surface area contributed by atoms with E-state index in [0.717, 1.165) is 18.5 Å². The molecule has 1 atom stereocenters. The highest BCUT2D eigenvalue weighted by Crippen LogP contribution is 2.24. The predicted octanol–water partition coefficient (Wildman–Crippen LogP) is 2.30. The van der Waals surface area contributed by atoms with Crippen molar-refractivity contribution in [3.8, 4) is 0 Å². The van der Waals surface area contributed by atoms with Crippen molar-refractivity contribution in [1.82, 2.24) is 9.97 Å². The van der Waals surface area contributed by atoms with E-state index < -0.39 is 0 Å². The molecule has 78 valence electrons. The summed E-state index contributed by atoms with van der Waals surface area (Å²) in [5.41, 5.74) is 7.28. The van der Waals surface area contributed by atoms with Gasteiger partial charge >= 0.3 is 0 Å². The lowest BCUT2D eigenvalue weighted by Gasteiger charge is -2.20. The lowest BCUT2D eigenvalue weighted by atomic mass is 9.88. The van der Waals surface area contributed by atoms with Crippen molar-refractivity contribution >= 4 is 0 Å². The molecule has 14 heavy (non-hydrogen) atoms. The van der Waals surface area contributed by atoms with E-state index in [2.05, 4.69) is 30.7 Å². The van der Waals surface area contributed by atoms with Gasteiger partial charge in [-0.15, -0.1) is 0 Å². The molecule has 0 bridgehead atoms. The molecule has 0 aliphatic carbocycles. The van der Waals surface area contributed by atoms with Crippen LogP contribution < -0.4 is 5.73 Å². The van der Waals surface area contributed by atoms with E-state index in [4.69, 9.17) is 5.73 Å². The monoisotopic (exact) mass is 193 g/mol. The first-order valence-electron chi connectivity index (χ1n) is 5.00. The minimum atomic E-state index is 0.0391. The summed E-state index contributed by atoms with van der Waals surface area (Å²) in [6.07, 6.45) is 5.37. The topological polar surface area (TPSA) is 51.8 Å². The molecular formula is C11H19N3. The zero-order valence-electron chi connectivity index (χ0n) is 9.20. The second-order valence-electron chi connectivity index (χ2n) is 4.84. The van der Waals surface area contributed by atoms with Crippen LogP contribution in [0.2, 0.25) is 0 Å². The molecule has 0 spiro atoms. The molecule has 1 rings (SSSR count). The van der Waals surface area contributed by atoms with Gasteiger partial charge in [0.1, 0.15) is 6.33 Å². The van der Waals surface area contributed by atoms with E-state index >= 15 is 0 Å². The van der Waals surface area contributed by atoms with Crippen LogP contribution in [0.1, 0.15) is 45.3 Å². The fourth-order valence-corrected chi connectivity index (χ4v) is 1.26. The third-order valence-electron chi connectivity index (χ3n) is 2.19. The molecule has 1 aromatic rings. The third kappa shape index (κ3) is 3.83. The highest BCUT2D eigenvalue weighted by atomic mass is 14.8. The molecule has 3 heteroatoms. The average molecular weight is 193 g/mol. The van der Waals surface area contributed by atoms with Gasteiger partial charge in [0.05, 0.1) is 5.69 Å². The number of nitrogens with zero attached hydrogens (tertiary/aromatic N) is 2. The van der Waals surface area contributed by atoms with Crippen LogP contribution in [0, 0.1) is 5.41 Å². The Balaban J connectivity index is 2.48. The van der Waals surface area contributed by atoms with Crippen molar-refractivity contribution in [3.63, 3.8) is 0 Å². The van der Waals surface area contributed by atoms with Gasteiger partial charge in [0.15, 0.2) is 0 Å². The Morgan fingerprint density at radius 1 is 1.43 bits per heavy atom. The lowest BCUT2D eigenvalue weighted by molar-refractivity contribution is 0.348. The maximum absolute atomic E-state index is 6.01. The van der Waals surface area contributed by atoms with Gasteiger partial charge in [0.2, 0.25) is 0 Å². The molecule has 2 N–H and O–H groups in total.